The number of ether oxygens (including phenoxy) is 1. The number of nitrogens with one attached hydrogen (secondary N) is 5. The zero-order chi connectivity index (χ0) is 37.0. The summed E-state index contributed by atoms with van der Waals surface area (Å²) in [6.45, 7) is -1.79. The van der Waals surface area contributed by atoms with Gasteiger partial charge in [-0.3, -0.25) is 14.4 Å². The van der Waals surface area contributed by atoms with Crippen LogP contribution in [0.1, 0.15) is 60.9 Å². The van der Waals surface area contributed by atoms with Crippen molar-refractivity contribution in [2.75, 3.05) is 23.8 Å². The van der Waals surface area contributed by atoms with Crippen LogP contribution in [0, 0.1) is 11.8 Å². The van der Waals surface area contributed by atoms with Crippen LogP contribution in [0.5, 0.6) is 6.01 Å². The van der Waals surface area contributed by atoms with Gasteiger partial charge < -0.3 is 36.4 Å². The molecule has 0 spiro atoms. The number of hydrogen-bond acceptors (Lipinski definition) is 10. The number of aliphatic carboxylic acids is 1. The fraction of sp³-hybridized carbons (Fsp3) is 0.441. The fourth-order valence-electron chi connectivity index (χ4n) is 6.67. The molecule has 1 unspecified atom stereocenters. The number of amides is 3. The molecule has 18 heteroatoms. The highest BCUT2D eigenvalue weighted by molar-refractivity contribution is 6.35. The first-order valence-corrected chi connectivity index (χ1v) is 17.1. The van der Waals surface area contributed by atoms with Gasteiger partial charge in [0, 0.05) is 28.9 Å². The van der Waals surface area contributed by atoms with E-state index in [9.17, 15) is 37.5 Å². The Morgan fingerprint density at radius 3 is 2.27 bits per heavy atom. The summed E-state index contributed by atoms with van der Waals surface area (Å²) in [7, 11) is 0. The predicted molar refractivity (Wildman–Crippen MR) is 181 cm³/mol. The number of rotatable bonds is 14. The van der Waals surface area contributed by atoms with Crippen molar-refractivity contribution in [1.82, 2.24) is 30.9 Å². The second-order valence-corrected chi connectivity index (χ2v) is 13.7. The fourth-order valence-corrected chi connectivity index (χ4v) is 6.80. The number of halogens is 4. The summed E-state index contributed by atoms with van der Waals surface area (Å²) in [6.07, 6.45) is 0.699. The van der Waals surface area contributed by atoms with E-state index in [0.29, 0.717) is 35.4 Å². The van der Waals surface area contributed by atoms with E-state index in [4.69, 9.17) is 16.3 Å². The molecule has 6 N–H and O–H groups in total. The number of carbonyl (C=O) groups excluding carboxylic acids is 3. The van der Waals surface area contributed by atoms with Crippen LogP contribution in [-0.2, 0) is 19.9 Å². The van der Waals surface area contributed by atoms with Gasteiger partial charge in [0.25, 0.3) is 5.91 Å². The predicted octanol–water partition coefficient (Wildman–Crippen LogP) is 4.31. The highest BCUT2D eigenvalue weighted by Crippen LogP contribution is 2.48. The van der Waals surface area contributed by atoms with Crippen molar-refractivity contribution in [3.63, 3.8) is 0 Å². The van der Waals surface area contributed by atoms with Gasteiger partial charge >= 0.3 is 30.0 Å². The topological polar surface area (TPSA) is 197 Å². The smallest absolute Gasteiger partial charge is 0.422 e. The van der Waals surface area contributed by atoms with E-state index in [2.05, 4.69) is 41.5 Å². The van der Waals surface area contributed by atoms with Crippen LogP contribution in [0.25, 0.3) is 0 Å². The monoisotopic (exact) mass is 744 g/mol. The molecule has 276 valence electrons. The molecule has 3 aliphatic carbocycles. The maximum Gasteiger partial charge on any atom is 0.422 e. The molecule has 3 aliphatic rings. The molecule has 3 amide bonds. The molecule has 0 radical (unpaired) electrons. The van der Waals surface area contributed by atoms with E-state index in [1.807, 2.05) is 12.1 Å². The lowest BCUT2D eigenvalue weighted by atomic mass is 9.95. The van der Waals surface area contributed by atoms with Crippen molar-refractivity contribution in [3.8, 4) is 6.01 Å². The van der Waals surface area contributed by atoms with E-state index in [1.54, 1.807) is 12.1 Å². The Kier molecular flexibility index (Phi) is 10.7. The molecule has 0 aliphatic heterocycles. The van der Waals surface area contributed by atoms with Crippen LogP contribution in [0.4, 0.5) is 30.8 Å². The van der Waals surface area contributed by atoms with Crippen molar-refractivity contribution in [1.29, 1.82) is 0 Å². The molecule has 4 atom stereocenters. The maximum atomic E-state index is 12.9. The largest absolute Gasteiger partial charge is 0.480 e. The number of fused-ring (bicyclic) bond motifs is 2. The van der Waals surface area contributed by atoms with Gasteiger partial charge in [-0.2, -0.15) is 28.1 Å². The van der Waals surface area contributed by atoms with Gasteiger partial charge in [0.1, 0.15) is 6.04 Å². The number of anilines is 3. The van der Waals surface area contributed by atoms with Crippen LogP contribution in [0.3, 0.4) is 0 Å². The first-order chi connectivity index (χ1) is 24.7. The zero-order valence-corrected chi connectivity index (χ0v) is 28.4. The van der Waals surface area contributed by atoms with Crippen molar-refractivity contribution < 1.29 is 42.2 Å². The summed E-state index contributed by atoms with van der Waals surface area (Å²) in [5.74, 6) is -2.88. The molecule has 2 aromatic carbocycles. The molecule has 52 heavy (non-hydrogen) atoms. The van der Waals surface area contributed by atoms with Gasteiger partial charge in [0.05, 0.1) is 5.54 Å². The number of carboxylic acids is 1. The Morgan fingerprint density at radius 2 is 1.65 bits per heavy atom. The Balaban J connectivity index is 1.05. The normalized spacial score (nSPS) is 20.3. The van der Waals surface area contributed by atoms with E-state index in [-0.39, 0.29) is 36.5 Å². The molecule has 14 nitrogen and oxygen atoms in total. The highest BCUT2D eigenvalue weighted by Gasteiger charge is 2.45. The van der Waals surface area contributed by atoms with Gasteiger partial charge in [0.2, 0.25) is 11.9 Å². The molecule has 3 aromatic rings. The van der Waals surface area contributed by atoms with E-state index < -0.39 is 54.1 Å². The Hall–Kier alpha value is -5.19. The third-order valence-electron chi connectivity index (χ3n) is 9.46. The number of alkyl halides is 3. The van der Waals surface area contributed by atoms with Gasteiger partial charge in [-0.1, -0.05) is 30.2 Å². The average molecular weight is 745 g/mol. The number of carboxylic acid groups (broad SMARTS) is 1. The molecular formula is C34H36ClF3N8O6. The van der Waals surface area contributed by atoms with Crippen LogP contribution in [0.15, 0.2) is 48.5 Å². The van der Waals surface area contributed by atoms with Gasteiger partial charge in [-0.25, -0.2) is 4.79 Å². The molecule has 0 saturated heterocycles. The Morgan fingerprint density at radius 1 is 0.942 bits per heavy atom. The third kappa shape index (κ3) is 9.37. The third-order valence-corrected chi connectivity index (χ3v) is 9.72. The van der Waals surface area contributed by atoms with Crippen molar-refractivity contribution >= 4 is 52.9 Å². The zero-order valence-electron chi connectivity index (χ0n) is 27.6. The maximum absolute atomic E-state index is 12.9. The van der Waals surface area contributed by atoms with E-state index in [0.717, 1.165) is 31.2 Å². The van der Waals surface area contributed by atoms with Crippen LogP contribution < -0.4 is 31.3 Å². The summed E-state index contributed by atoms with van der Waals surface area (Å²) in [4.78, 5) is 61.7. The molecular weight excluding hydrogens is 709 g/mol. The summed E-state index contributed by atoms with van der Waals surface area (Å²) in [5.41, 5.74) is 0.775. The van der Waals surface area contributed by atoms with Gasteiger partial charge in [0.15, 0.2) is 6.61 Å². The van der Waals surface area contributed by atoms with Gasteiger partial charge in [-0.15, -0.1) is 0 Å². The minimum atomic E-state index is -4.64. The standard InChI is InChI=1S/C34H36ClF3N8O6/c35-22-7-5-21(6-8-22)33(12-13-33)46-31-43-30(44-32(45-31)52-17-34(36,37)38)40-23-9-3-19(4-10-23)26(47)41-24(29(50)51)11-14-39-27(48)28(49)42-25-16-18-1-2-20(25)15-18/h3-10,18,20,24-25H,1-2,11-17H2,(H,39,48)(H,41,47)(H,42,49)(H,50,51)(H2,40,43,44,45,46)/t18-,20+,24-,25?/m0/s1. The summed E-state index contributed by atoms with van der Waals surface area (Å²) < 4.78 is 43.6. The minimum Gasteiger partial charge on any atom is -0.480 e. The summed E-state index contributed by atoms with van der Waals surface area (Å²) >= 11 is 6.02. The number of aromatic nitrogens is 3. The molecule has 3 saturated carbocycles. The average Bonchev–Trinajstić information content (AvgIpc) is 3.56. The Bertz CT molecular complexity index is 1810. The lowest BCUT2D eigenvalue weighted by Gasteiger charge is -2.22. The van der Waals surface area contributed by atoms with E-state index >= 15 is 0 Å². The number of carbonyl (C=O) groups is 4. The second kappa shape index (κ2) is 15.2. The number of benzene rings is 2. The van der Waals surface area contributed by atoms with Crippen molar-refractivity contribution in [3.05, 3.63) is 64.7 Å². The molecule has 1 heterocycles. The minimum absolute atomic E-state index is 0.0216. The SMILES string of the molecule is O=C(NCC[C@H](NC(=O)c1ccc(Nc2nc(NC3(c4ccc(Cl)cc4)CC3)nc(OCC(F)(F)F)n2)cc1)C(=O)O)C(=O)NC1C[C@H]2CC[C@@H]1C2. The molecule has 6 rings (SSSR count). The second-order valence-electron chi connectivity index (χ2n) is 13.2. The number of nitrogens with zero attached hydrogens (tertiary/aromatic N) is 3. The first kappa shape index (κ1) is 36.6. The van der Waals surface area contributed by atoms with Crippen molar-refractivity contribution in [2.24, 2.45) is 11.8 Å². The lowest BCUT2D eigenvalue weighted by molar-refractivity contribution is -0.154. The van der Waals surface area contributed by atoms with E-state index in [1.165, 1.54) is 24.3 Å². The molecule has 3 fully saturated rings. The lowest BCUT2D eigenvalue weighted by Crippen LogP contribution is -2.48. The summed E-state index contributed by atoms with van der Waals surface area (Å²) in [5, 5.41) is 23.8. The molecule has 2 bridgehead atoms. The first-order valence-electron chi connectivity index (χ1n) is 16.7. The highest BCUT2D eigenvalue weighted by atomic mass is 35.5. The van der Waals surface area contributed by atoms with Crippen LogP contribution >= 0.6 is 11.6 Å². The number of hydrogen-bond donors (Lipinski definition) is 6. The summed E-state index contributed by atoms with van der Waals surface area (Å²) in [6, 6.07) is 10.9. The molecule has 1 aromatic heterocycles. The Labute approximate surface area is 300 Å². The van der Waals surface area contributed by atoms with Crippen molar-refractivity contribution in [2.45, 2.75) is 68.7 Å². The van der Waals surface area contributed by atoms with Crippen LogP contribution in [-0.4, -0.2) is 75.2 Å². The van der Waals surface area contributed by atoms with Gasteiger partial charge in [-0.05, 0) is 92.3 Å². The van der Waals surface area contributed by atoms with Crippen LogP contribution in [0.2, 0.25) is 5.02 Å². The quantitative estimate of drug-likeness (QED) is 0.129.